The van der Waals surface area contributed by atoms with Crippen molar-refractivity contribution in [2.75, 3.05) is 20.3 Å². The normalized spacial score (nSPS) is 10.6. The molecular weight excluding hydrogens is 188 g/mol. The van der Waals surface area contributed by atoms with Gasteiger partial charge in [-0.25, -0.2) is 9.59 Å². The van der Waals surface area contributed by atoms with Crippen LogP contribution in [0.5, 0.6) is 0 Å². The van der Waals surface area contributed by atoms with Crippen LogP contribution in [-0.2, 0) is 23.8 Å². The number of hydrogen-bond acceptors (Lipinski definition) is 5. The molecule has 0 aliphatic carbocycles. The van der Waals surface area contributed by atoms with Crippen LogP contribution in [0.2, 0.25) is 0 Å². The van der Waals surface area contributed by atoms with E-state index in [1.807, 2.05) is 0 Å². The number of methoxy groups -OCH3 is 1. The molecule has 0 aromatic heterocycles. The van der Waals surface area contributed by atoms with Gasteiger partial charge in [-0.2, -0.15) is 0 Å². The zero-order valence-corrected chi connectivity index (χ0v) is 8.53. The van der Waals surface area contributed by atoms with Gasteiger partial charge < -0.3 is 14.2 Å². The largest absolute Gasteiger partial charge is 0.500 e. The first kappa shape index (κ1) is 12.5. The molecule has 5 heteroatoms. The fraction of sp³-hybridized carbons (Fsp3) is 0.556. The zero-order valence-electron chi connectivity index (χ0n) is 8.53. The zero-order chi connectivity index (χ0) is 11.0. The summed E-state index contributed by atoms with van der Waals surface area (Å²) in [4.78, 5) is 22.2. The lowest BCUT2D eigenvalue weighted by molar-refractivity contribution is -0.145. The summed E-state index contributed by atoms with van der Waals surface area (Å²) in [5.74, 6) is -1.51. The minimum Gasteiger partial charge on any atom is -0.500 e. The Morgan fingerprint density at radius 2 is 1.79 bits per heavy atom. The van der Waals surface area contributed by atoms with Crippen LogP contribution in [0.1, 0.15) is 13.8 Å². The molecular formula is C9H14O5. The highest BCUT2D eigenvalue weighted by molar-refractivity contribution is 6.13. The Morgan fingerprint density at radius 3 is 2.21 bits per heavy atom. The van der Waals surface area contributed by atoms with Crippen LogP contribution in [0.25, 0.3) is 0 Å². The lowest BCUT2D eigenvalue weighted by Gasteiger charge is -2.04. The SMILES string of the molecule is CCOC=C(C(=O)OC)C(=O)OCC. The maximum absolute atomic E-state index is 11.2. The number of hydrogen-bond donors (Lipinski definition) is 0. The molecule has 0 fully saturated rings. The minimum atomic E-state index is -0.767. The Hall–Kier alpha value is -1.52. The average Bonchev–Trinajstić information content (AvgIpc) is 2.18. The van der Waals surface area contributed by atoms with Crippen LogP contribution in [0, 0.1) is 0 Å². The van der Waals surface area contributed by atoms with Crippen molar-refractivity contribution in [1.82, 2.24) is 0 Å². The number of carbonyl (C=O) groups excluding carboxylic acids is 2. The van der Waals surface area contributed by atoms with Gasteiger partial charge in [0.25, 0.3) is 0 Å². The van der Waals surface area contributed by atoms with Gasteiger partial charge in [0.05, 0.1) is 20.3 Å². The maximum atomic E-state index is 11.2. The molecule has 0 aliphatic heterocycles. The van der Waals surface area contributed by atoms with Crippen molar-refractivity contribution in [3.05, 3.63) is 11.8 Å². The molecule has 0 saturated heterocycles. The van der Waals surface area contributed by atoms with E-state index in [1.54, 1.807) is 13.8 Å². The summed E-state index contributed by atoms with van der Waals surface area (Å²) < 4.78 is 13.8. The Bertz CT molecular complexity index is 231. The molecule has 0 aromatic carbocycles. The highest BCUT2D eigenvalue weighted by Crippen LogP contribution is 2.01. The molecule has 14 heavy (non-hydrogen) atoms. The van der Waals surface area contributed by atoms with Gasteiger partial charge in [0.1, 0.15) is 6.26 Å². The Morgan fingerprint density at radius 1 is 1.14 bits per heavy atom. The third kappa shape index (κ3) is 3.93. The van der Waals surface area contributed by atoms with Gasteiger partial charge in [0, 0.05) is 0 Å². The fourth-order valence-electron chi connectivity index (χ4n) is 0.665. The second kappa shape index (κ2) is 6.94. The molecule has 0 saturated carbocycles. The minimum absolute atomic E-state index is 0.194. The smallest absolute Gasteiger partial charge is 0.348 e. The van der Waals surface area contributed by atoms with Crippen molar-refractivity contribution in [3.63, 3.8) is 0 Å². The van der Waals surface area contributed by atoms with Crippen LogP contribution in [-0.4, -0.2) is 32.3 Å². The van der Waals surface area contributed by atoms with E-state index in [-0.39, 0.29) is 12.2 Å². The molecule has 0 aromatic rings. The summed E-state index contributed by atoms with van der Waals surface area (Å²) in [6.07, 6.45) is 1.05. The first-order valence-corrected chi connectivity index (χ1v) is 4.24. The first-order chi connectivity index (χ1) is 6.67. The molecule has 0 atom stereocenters. The second-order valence-corrected chi connectivity index (χ2v) is 2.20. The van der Waals surface area contributed by atoms with Crippen molar-refractivity contribution in [1.29, 1.82) is 0 Å². The topological polar surface area (TPSA) is 61.8 Å². The summed E-state index contributed by atoms with van der Waals surface area (Å²) in [7, 11) is 1.18. The van der Waals surface area contributed by atoms with Gasteiger partial charge in [-0.15, -0.1) is 0 Å². The highest BCUT2D eigenvalue weighted by atomic mass is 16.6. The summed E-state index contributed by atoms with van der Waals surface area (Å²) in [6.45, 7) is 3.93. The molecule has 0 bridgehead atoms. The predicted molar refractivity (Wildman–Crippen MR) is 48.4 cm³/mol. The average molecular weight is 202 g/mol. The Kier molecular flexibility index (Phi) is 6.19. The van der Waals surface area contributed by atoms with E-state index < -0.39 is 11.9 Å². The quantitative estimate of drug-likeness (QED) is 0.215. The molecule has 0 unspecified atom stereocenters. The molecule has 5 nitrogen and oxygen atoms in total. The number of ether oxygens (including phenoxy) is 3. The van der Waals surface area contributed by atoms with Crippen molar-refractivity contribution < 1.29 is 23.8 Å². The van der Waals surface area contributed by atoms with E-state index in [9.17, 15) is 9.59 Å². The standard InChI is InChI=1S/C9H14O5/c1-4-13-6-7(8(10)12-3)9(11)14-5-2/h6H,4-5H2,1-3H3. The van der Waals surface area contributed by atoms with Crippen LogP contribution >= 0.6 is 0 Å². The number of rotatable bonds is 5. The molecule has 0 rings (SSSR count). The van der Waals surface area contributed by atoms with E-state index in [0.717, 1.165) is 6.26 Å². The first-order valence-electron chi connectivity index (χ1n) is 4.24. The lowest BCUT2D eigenvalue weighted by atomic mass is 10.3. The van der Waals surface area contributed by atoms with Crippen LogP contribution in [0.4, 0.5) is 0 Å². The van der Waals surface area contributed by atoms with Gasteiger partial charge in [-0.3, -0.25) is 0 Å². The van der Waals surface area contributed by atoms with E-state index in [0.29, 0.717) is 6.61 Å². The van der Waals surface area contributed by atoms with Gasteiger partial charge in [-0.1, -0.05) is 0 Å². The summed E-state index contributed by atoms with van der Waals surface area (Å²) in [6, 6.07) is 0. The number of esters is 2. The van der Waals surface area contributed by atoms with Crippen molar-refractivity contribution >= 4 is 11.9 Å². The van der Waals surface area contributed by atoms with Crippen molar-refractivity contribution in [2.45, 2.75) is 13.8 Å². The Labute approximate surface area is 82.6 Å². The van der Waals surface area contributed by atoms with Gasteiger partial charge in [0.15, 0.2) is 5.57 Å². The van der Waals surface area contributed by atoms with E-state index in [2.05, 4.69) is 9.47 Å². The third-order valence-electron chi connectivity index (χ3n) is 1.27. The summed E-state index contributed by atoms with van der Waals surface area (Å²) in [5.41, 5.74) is -0.240. The molecule has 0 spiro atoms. The monoisotopic (exact) mass is 202 g/mol. The third-order valence-corrected chi connectivity index (χ3v) is 1.27. The van der Waals surface area contributed by atoms with E-state index in [1.165, 1.54) is 7.11 Å². The molecule has 0 radical (unpaired) electrons. The molecule has 0 heterocycles. The van der Waals surface area contributed by atoms with Gasteiger partial charge >= 0.3 is 11.9 Å². The summed E-state index contributed by atoms with van der Waals surface area (Å²) >= 11 is 0. The Balaban J connectivity index is 4.54. The molecule has 0 aliphatic rings. The van der Waals surface area contributed by atoms with E-state index in [4.69, 9.17) is 4.74 Å². The molecule has 0 N–H and O–H groups in total. The predicted octanol–water partition coefficient (Wildman–Crippen LogP) is 0.643. The fourth-order valence-corrected chi connectivity index (χ4v) is 0.665. The van der Waals surface area contributed by atoms with Crippen LogP contribution in [0.3, 0.4) is 0 Å². The second-order valence-electron chi connectivity index (χ2n) is 2.20. The van der Waals surface area contributed by atoms with Crippen LogP contribution < -0.4 is 0 Å². The maximum Gasteiger partial charge on any atom is 0.348 e. The lowest BCUT2D eigenvalue weighted by Crippen LogP contribution is -2.17. The highest BCUT2D eigenvalue weighted by Gasteiger charge is 2.20. The summed E-state index contributed by atoms with van der Waals surface area (Å²) in [5, 5.41) is 0. The molecule has 0 amide bonds. The van der Waals surface area contributed by atoms with E-state index >= 15 is 0 Å². The van der Waals surface area contributed by atoms with Gasteiger partial charge in [0.2, 0.25) is 0 Å². The molecule has 80 valence electrons. The van der Waals surface area contributed by atoms with Gasteiger partial charge in [-0.05, 0) is 13.8 Å². The number of carbonyl (C=O) groups is 2. The van der Waals surface area contributed by atoms with Crippen molar-refractivity contribution in [2.24, 2.45) is 0 Å². The van der Waals surface area contributed by atoms with Crippen molar-refractivity contribution in [3.8, 4) is 0 Å². The van der Waals surface area contributed by atoms with Crippen LogP contribution in [0.15, 0.2) is 11.8 Å².